The Labute approximate surface area is 217 Å². The second kappa shape index (κ2) is 11.6. The lowest BCUT2D eigenvalue weighted by atomic mass is 9.92. The van der Waals surface area contributed by atoms with Gasteiger partial charge in [0.1, 0.15) is 11.5 Å². The summed E-state index contributed by atoms with van der Waals surface area (Å²) in [6.07, 6.45) is -0.0543. The molecule has 37 heavy (non-hydrogen) atoms. The fourth-order valence-electron chi connectivity index (χ4n) is 4.51. The first-order valence-corrected chi connectivity index (χ1v) is 11.9. The molecule has 1 N–H and O–H groups in total. The number of hydrogen-bond acceptors (Lipinski definition) is 8. The number of carbonyl (C=O) groups excluding carboxylic acids is 2. The summed E-state index contributed by atoms with van der Waals surface area (Å²) in [5, 5.41) is 11.5. The van der Waals surface area contributed by atoms with Crippen molar-refractivity contribution in [2.75, 3.05) is 41.6 Å². The Bertz CT molecular complexity index is 1190. The van der Waals surface area contributed by atoms with Gasteiger partial charge in [0.05, 0.1) is 52.8 Å². The van der Waals surface area contributed by atoms with Gasteiger partial charge in [-0.2, -0.15) is 0 Å². The van der Waals surface area contributed by atoms with Crippen LogP contribution in [-0.4, -0.2) is 69.4 Å². The largest absolute Gasteiger partial charge is 0.507 e. The van der Waals surface area contributed by atoms with Crippen molar-refractivity contribution in [3.05, 3.63) is 52.1 Å². The first-order chi connectivity index (χ1) is 17.6. The van der Waals surface area contributed by atoms with Crippen molar-refractivity contribution >= 4 is 17.4 Å². The predicted octanol–water partition coefficient (Wildman–Crippen LogP) is 4.18. The van der Waals surface area contributed by atoms with Crippen LogP contribution in [0.25, 0.3) is 5.76 Å². The van der Waals surface area contributed by atoms with Crippen LogP contribution >= 0.6 is 0 Å². The number of nitrogens with zero attached hydrogens (tertiary/aromatic N) is 1. The second-order valence-corrected chi connectivity index (χ2v) is 9.01. The van der Waals surface area contributed by atoms with Crippen molar-refractivity contribution in [3.63, 3.8) is 0 Å². The van der Waals surface area contributed by atoms with Crippen LogP contribution in [0.15, 0.2) is 29.8 Å². The SMILES string of the molecule is COc1cc(C)c(/C(O)=C2\C(=O)C(=O)N(CCOC(C)C)C2c2cc(OC)c(OC)c(OC)c2)cc1C. The lowest BCUT2D eigenvalue weighted by Crippen LogP contribution is -2.33. The monoisotopic (exact) mass is 513 g/mol. The molecule has 3 rings (SSSR count). The summed E-state index contributed by atoms with van der Waals surface area (Å²) in [5.74, 6) is -0.0384. The zero-order valence-electron chi connectivity index (χ0n) is 22.6. The van der Waals surface area contributed by atoms with E-state index < -0.39 is 17.7 Å². The minimum absolute atomic E-state index is 0.0310. The minimum Gasteiger partial charge on any atom is -0.507 e. The number of Topliss-reactive ketones (excluding diaryl/α,β-unsaturated/α-hetero) is 1. The van der Waals surface area contributed by atoms with Crippen LogP contribution in [0.5, 0.6) is 23.0 Å². The molecule has 0 radical (unpaired) electrons. The maximum Gasteiger partial charge on any atom is 0.295 e. The zero-order chi connectivity index (χ0) is 27.4. The number of ketones is 1. The third-order valence-corrected chi connectivity index (χ3v) is 6.32. The second-order valence-electron chi connectivity index (χ2n) is 9.01. The van der Waals surface area contributed by atoms with E-state index in [0.29, 0.717) is 39.7 Å². The fraction of sp³-hybridized carbons (Fsp3) is 0.429. The van der Waals surface area contributed by atoms with Crippen LogP contribution in [0, 0.1) is 13.8 Å². The van der Waals surface area contributed by atoms with E-state index in [2.05, 4.69) is 0 Å². The average Bonchev–Trinajstić information content (AvgIpc) is 3.13. The van der Waals surface area contributed by atoms with Gasteiger partial charge in [-0.3, -0.25) is 9.59 Å². The first-order valence-electron chi connectivity index (χ1n) is 11.9. The number of aryl methyl sites for hydroxylation is 2. The Balaban J connectivity index is 2.27. The number of amides is 1. The van der Waals surface area contributed by atoms with Crippen molar-refractivity contribution in [2.24, 2.45) is 0 Å². The molecule has 9 nitrogen and oxygen atoms in total. The van der Waals surface area contributed by atoms with Gasteiger partial charge in [0.2, 0.25) is 5.75 Å². The molecule has 0 bridgehead atoms. The summed E-state index contributed by atoms with van der Waals surface area (Å²) >= 11 is 0. The van der Waals surface area contributed by atoms with Crippen LogP contribution in [0.1, 0.15) is 42.1 Å². The molecule has 0 saturated carbocycles. The number of rotatable bonds is 10. The molecule has 1 amide bonds. The number of aliphatic hydroxyl groups excluding tert-OH is 1. The molecule has 0 aromatic heterocycles. The Morgan fingerprint density at radius 1 is 0.892 bits per heavy atom. The highest BCUT2D eigenvalue weighted by Gasteiger charge is 2.46. The molecule has 1 aliphatic rings. The number of likely N-dealkylation sites (tertiary alicyclic amines) is 1. The predicted molar refractivity (Wildman–Crippen MR) is 139 cm³/mol. The average molecular weight is 514 g/mol. The molecule has 0 spiro atoms. The van der Waals surface area contributed by atoms with Gasteiger partial charge in [0, 0.05) is 12.1 Å². The number of aliphatic hydroxyl groups is 1. The molecule has 0 aliphatic carbocycles. The molecule has 1 fully saturated rings. The third kappa shape index (κ3) is 5.36. The molecular formula is C28H35NO8. The smallest absolute Gasteiger partial charge is 0.295 e. The summed E-state index contributed by atoms with van der Waals surface area (Å²) in [6, 6.07) is 5.96. The van der Waals surface area contributed by atoms with E-state index in [0.717, 1.165) is 5.56 Å². The normalized spacial score (nSPS) is 16.9. The first kappa shape index (κ1) is 27.9. The van der Waals surface area contributed by atoms with Crippen molar-refractivity contribution in [1.29, 1.82) is 0 Å². The van der Waals surface area contributed by atoms with Gasteiger partial charge in [-0.1, -0.05) is 0 Å². The summed E-state index contributed by atoms with van der Waals surface area (Å²) in [5.41, 5.74) is 2.39. The number of methoxy groups -OCH3 is 4. The fourth-order valence-corrected chi connectivity index (χ4v) is 4.51. The maximum absolute atomic E-state index is 13.4. The molecular weight excluding hydrogens is 478 g/mol. The van der Waals surface area contributed by atoms with Gasteiger partial charge in [-0.15, -0.1) is 0 Å². The van der Waals surface area contributed by atoms with Gasteiger partial charge in [-0.25, -0.2) is 0 Å². The molecule has 1 atom stereocenters. The molecule has 1 aliphatic heterocycles. The number of hydrogen-bond donors (Lipinski definition) is 1. The lowest BCUT2D eigenvalue weighted by molar-refractivity contribution is -0.140. The van der Waals surface area contributed by atoms with E-state index in [1.165, 1.54) is 26.2 Å². The topological polar surface area (TPSA) is 104 Å². The summed E-state index contributed by atoms with van der Waals surface area (Å²) < 4.78 is 27.5. The highest BCUT2D eigenvalue weighted by Crippen LogP contribution is 2.46. The van der Waals surface area contributed by atoms with Gasteiger partial charge in [0.25, 0.3) is 11.7 Å². The Morgan fingerprint density at radius 3 is 2.00 bits per heavy atom. The number of ether oxygens (including phenoxy) is 5. The van der Waals surface area contributed by atoms with Gasteiger partial charge in [0.15, 0.2) is 11.5 Å². The van der Waals surface area contributed by atoms with E-state index in [4.69, 9.17) is 23.7 Å². The molecule has 200 valence electrons. The molecule has 2 aromatic rings. The van der Waals surface area contributed by atoms with E-state index in [-0.39, 0.29) is 30.6 Å². The third-order valence-electron chi connectivity index (χ3n) is 6.32. The molecule has 9 heteroatoms. The van der Waals surface area contributed by atoms with Gasteiger partial charge < -0.3 is 33.7 Å². The Hall–Kier alpha value is -3.72. The Morgan fingerprint density at radius 2 is 1.49 bits per heavy atom. The molecule has 1 saturated heterocycles. The summed E-state index contributed by atoms with van der Waals surface area (Å²) in [4.78, 5) is 28.1. The highest BCUT2D eigenvalue weighted by atomic mass is 16.5. The molecule has 2 aromatic carbocycles. The van der Waals surface area contributed by atoms with E-state index in [1.54, 1.807) is 38.3 Å². The zero-order valence-corrected chi connectivity index (χ0v) is 22.6. The van der Waals surface area contributed by atoms with Crippen molar-refractivity contribution in [2.45, 2.75) is 39.8 Å². The van der Waals surface area contributed by atoms with E-state index >= 15 is 0 Å². The quantitative estimate of drug-likeness (QED) is 0.287. The highest BCUT2D eigenvalue weighted by molar-refractivity contribution is 6.46. The number of carbonyl (C=O) groups is 2. The van der Waals surface area contributed by atoms with Crippen molar-refractivity contribution in [1.82, 2.24) is 4.90 Å². The standard InChI is InChI=1S/C28H35NO8/c1-15(2)37-10-9-29-24(18-13-21(34-6)27(36-8)22(14-18)35-7)23(26(31)28(29)32)25(30)19-11-17(4)20(33-5)12-16(19)3/h11-15,24,30H,9-10H2,1-8H3/b25-23+. The number of benzene rings is 2. The summed E-state index contributed by atoms with van der Waals surface area (Å²) in [6.45, 7) is 7.78. The summed E-state index contributed by atoms with van der Waals surface area (Å²) in [7, 11) is 6.02. The van der Waals surface area contributed by atoms with E-state index in [1.807, 2.05) is 20.8 Å². The van der Waals surface area contributed by atoms with Crippen LogP contribution in [0.2, 0.25) is 0 Å². The molecule has 1 unspecified atom stereocenters. The Kier molecular flexibility index (Phi) is 8.70. The van der Waals surface area contributed by atoms with Gasteiger partial charge >= 0.3 is 0 Å². The van der Waals surface area contributed by atoms with Crippen LogP contribution in [0.4, 0.5) is 0 Å². The van der Waals surface area contributed by atoms with Crippen LogP contribution in [-0.2, 0) is 14.3 Å². The van der Waals surface area contributed by atoms with Gasteiger partial charge in [-0.05, 0) is 68.7 Å². The minimum atomic E-state index is -0.911. The van der Waals surface area contributed by atoms with E-state index in [9.17, 15) is 14.7 Å². The van der Waals surface area contributed by atoms with Crippen LogP contribution in [0.3, 0.4) is 0 Å². The van der Waals surface area contributed by atoms with Crippen molar-refractivity contribution in [3.8, 4) is 23.0 Å². The van der Waals surface area contributed by atoms with Crippen LogP contribution < -0.4 is 18.9 Å². The molecule has 1 heterocycles. The lowest BCUT2D eigenvalue weighted by Gasteiger charge is -2.27. The van der Waals surface area contributed by atoms with Crippen molar-refractivity contribution < 1.29 is 38.4 Å². The maximum atomic E-state index is 13.4.